The zero-order chi connectivity index (χ0) is 16.5. The van der Waals surface area contributed by atoms with E-state index in [4.69, 9.17) is 15.4 Å². The minimum Gasteiger partial charge on any atom is -0.372 e. The number of ether oxygens (including phenoxy) is 1. The second-order valence-corrected chi connectivity index (χ2v) is 9.06. The first kappa shape index (κ1) is 17.7. The average molecular weight is 350 g/mol. The van der Waals surface area contributed by atoms with E-state index >= 15 is 0 Å². The summed E-state index contributed by atoms with van der Waals surface area (Å²) in [5.74, 6) is -0.509. The molecule has 1 atom stereocenters. The van der Waals surface area contributed by atoms with Crippen LogP contribution in [-0.4, -0.2) is 38.1 Å². The molecule has 4 nitrogen and oxygen atoms in total. The topological polar surface area (TPSA) is 46.6 Å². The van der Waals surface area contributed by atoms with Crippen LogP contribution in [0, 0.1) is 5.82 Å². The molecule has 1 saturated heterocycles. The molecule has 0 radical (unpaired) electrons. The van der Waals surface area contributed by atoms with E-state index in [1.807, 2.05) is 0 Å². The molecule has 0 aliphatic carbocycles. The van der Waals surface area contributed by atoms with Crippen LogP contribution in [0.3, 0.4) is 0 Å². The van der Waals surface area contributed by atoms with E-state index < -0.39 is 14.9 Å². The Labute approximate surface area is 135 Å². The highest BCUT2D eigenvalue weighted by Crippen LogP contribution is 2.25. The van der Waals surface area contributed by atoms with E-state index in [0.717, 1.165) is 31.6 Å². The highest BCUT2D eigenvalue weighted by Gasteiger charge is 2.30. The number of likely N-dealkylation sites (tertiary alicyclic amines) is 1. The van der Waals surface area contributed by atoms with Gasteiger partial charge in [0.15, 0.2) is 0 Å². The minimum absolute atomic E-state index is 0.00775. The summed E-state index contributed by atoms with van der Waals surface area (Å²) in [6, 6.07) is 3.41. The highest BCUT2D eigenvalue weighted by atomic mass is 35.7. The molecular weight excluding hydrogens is 329 g/mol. The number of hydrogen-bond acceptors (Lipinski definition) is 4. The molecule has 1 aromatic carbocycles. The molecule has 0 saturated carbocycles. The van der Waals surface area contributed by atoms with Gasteiger partial charge in [0.05, 0.1) is 17.6 Å². The number of benzene rings is 1. The van der Waals surface area contributed by atoms with Crippen LogP contribution < -0.4 is 0 Å². The second-order valence-electron chi connectivity index (χ2n) is 6.53. The maximum absolute atomic E-state index is 13.4. The fourth-order valence-corrected chi connectivity index (χ4v) is 3.69. The van der Waals surface area contributed by atoms with Crippen LogP contribution in [0.1, 0.15) is 32.8 Å². The molecule has 1 aliphatic rings. The summed E-state index contributed by atoms with van der Waals surface area (Å²) in [7, 11) is 1.47. The van der Waals surface area contributed by atoms with E-state index in [2.05, 4.69) is 25.7 Å². The summed E-state index contributed by atoms with van der Waals surface area (Å²) in [5.41, 5.74) is 0.325. The Morgan fingerprint density at radius 2 is 2.09 bits per heavy atom. The van der Waals surface area contributed by atoms with Crippen molar-refractivity contribution in [1.29, 1.82) is 0 Å². The molecule has 0 N–H and O–H groups in total. The first-order chi connectivity index (χ1) is 10.1. The van der Waals surface area contributed by atoms with E-state index in [1.165, 1.54) is 6.07 Å². The molecule has 1 fully saturated rings. The lowest BCUT2D eigenvalue weighted by Crippen LogP contribution is -2.40. The Morgan fingerprint density at radius 3 is 2.64 bits per heavy atom. The van der Waals surface area contributed by atoms with Crippen LogP contribution >= 0.6 is 10.7 Å². The van der Waals surface area contributed by atoms with Crippen molar-refractivity contribution in [2.45, 2.75) is 50.3 Å². The first-order valence-electron chi connectivity index (χ1n) is 7.17. The largest absolute Gasteiger partial charge is 0.372 e. The Hall–Kier alpha value is -0.690. The van der Waals surface area contributed by atoms with E-state index in [9.17, 15) is 12.8 Å². The molecular formula is C15H21ClFNO3S. The predicted octanol–water partition coefficient (Wildman–Crippen LogP) is 3.14. The fourth-order valence-electron chi connectivity index (χ4n) is 2.58. The van der Waals surface area contributed by atoms with Gasteiger partial charge in [-0.15, -0.1) is 0 Å². The molecule has 1 aliphatic heterocycles. The Kier molecular flexibility index (Phi) is 5.16. The summed E-state index contributed by atoms with van der Waals surface area (Å²) in [6.07, 6.45) is 0.878. The minimum atomic E-state index is -3.91. The third-order valence-corrected chi connectivity index (χ3v) is 5.28. The van der Waals surface area contributed by atoms with Crippen LogP contribution in [0.2, 0.25) is 0 Å². The zero-order valence-corrected chi connectivity index (χ0v) is 14.5. The molecule has 1 aromatic rings. The summed E-state index contributed by atoms with van der Waals surface area (Å²) in [5, 5.41) is 0. The van der Waals surface area contributed by atoms with Crippen molar-refractivity contribution < 1.29 is 17.5 Å². The van der Waals surface area contributed by atoms with Crippen LogP contribution in [0.25, 0.3) is 0 Å². The van der Waals surface area contributed by atoms with E-state index in [0.29, 0.717) is 0 Å². The summed E-state index contributed by atoms with van der Waals surface area (Å²) in [6.45, 7) is 8.15. The van der Waals surface area contributed by atoms with Gasteiger partial charge in [0, 0.05) is 34.9 Å². The van der Waals surface area contributed by atoms with Crippen molar-refractivity contribution in [1.82, 2.24) is 4.90 Å². The van der Waals surface area contributed by atoms with Gasteiger partial charge in [-0.25, -0.2) is 12.8 Å². The van der Waals surface area contributed by atoms with Gasteiger partial charge in [0.1, 0.15) is 5.82 Å². The Balaban J connectivity index is 2.05. The first-order valence-corrected chi connectivity index (χ1v) is 9.48. The summed E-state index contributed by atoms with van der Waals surface area (Å²) in [4.78, 5) is 2.21. The lowest BCUT2D eigenvalue weighted by molar-refractivity contribution is 0.0368. The molecule has 0 unspecified atom stereocenters. The summed E-state index contributed by atoms with van der Waals surface area (Å²) >= 11 is 0. The summed E-state index contributed by atoms with van der Waals surface area (Å²) < 4.78 is 42.2. The van der Waals surface area contributed by atoms with Gasteiger partial charge < -0.3 is 4.74 Å². The van der Waals surface area contributed by atoms with Gasteiger partial charge in [0.2, 0.25) is 0 Å². The van der Waals surface area contributed by atoms with Crippen LogP contribution in [0.4, 0.5) is 4.39 Å². The maximum atomic E-state index is 13.4. The predicted molar refractivity (Wildman–Crippen MR) is 84.0 cm³/mol. The van der Waals surface area contributed by atoms with Crippen molar-refractivity contribution >= 4 is 19.7 Å². The number of hydrogen-bond donors (Lipinski definition) is 0. The molecule has 1 heterocycles. The fraction of sp³-hybridized carbons (Fsp3) is 0.600. The zero-order valence-electron chi connectivity index (χ0n) is 13.0. The lowest BCUT2D eigenvalue weighted by atomic mass is 10.1. The van der Waals surface area contributed by atoms with Crippen molar-refractivity contribution in [3.8, 4) is 0 Å². The van der Waals surface area contributed by atoms with Crippen molar-refractivity contribution in [3.63, 3.8) is 0 Å². The third kappa shape index (κ3) is 4.41. The number of rotatable bonds is 4. The van der Waals surface area contributed by atoms with Crippen molar-refractivity contribution in [2.75, 3.05) is 13.1 Å². The van der Waals surface area contributed by atoms with E-state index in [-0.39, 0.29) is 28.7 Å². The monoisotopic (exact) mass is 349 g/mol. The molecule has 2 rings (SSSR count). The maximum Gasteiger partial charge on any atom is 0.261 e. The molecule has 7 heteroatoms. The number of halogens is 2. The molecule has 0 bridgehead atoms. The van der Waals surface area contributed by atoms with Gasteiger partial charge in [-0.1, -0.05) is 0 Å². The highest BCUT2D eigenvalue weighted by molar-refractivity contribution is 8.13. The molecule has 0 spiro atoms. The van der Waals surface area contributed by atoms with Crippen LogP contribution in [-0.2, 0) is 20.4 Å². The molecule has 124 valence electrons. The number of nitrogens with zero attached hydrogens (tertiary/aromatic N) is 1. The van der Waals surface area contributed by atoms with Crippen LogP contribution in [0.15, 0.2) is 23.1 Å². The van der Waals surface area contributed by atoms with Gasteiger partial charge in [-0.3, -0.25) is 4.90 Å². The molecule has 22 heavy (non-hydrogen) atoms. The average Bonchev–Trinajstić information content (AvgIpc) is 2.83. The standard InChI is InChI=1S/C15H21ClFNO3S/c1-15(2,3)18-7-6-13(9-18)21-10-11-8-12(17)4-5-14(11)22(16,19)20/h4-5,8,13H,6-7,9-10H2,1-3H3/t13-/m1/s1. The smallest absolute Gasteiger partial charge is 0.261 e. The quantitative estimate of drug-likeness (QED) is 0.783. The second kappa shape index (κ2) is 6.43. The molecule has 0 amide bonds. The third-order valence-electron chi connectivity index (χ3n) is 3.85. The van der Waals surface area contributed by atoms with Gasteiger partial charge in [-0.2, -0.15) is 0 Å². The van der Waals surface area contributed by atoms with Crippen molar-refractivity contribution in [2.24, 2.45) is 0 Å². The van der Waals surface area contributed by atoms with Gasteiger partial charge in [-0.05, 0) is 45.4 Å². The lowest BCUT2D eigenvalue weighted by Gasteiger charge is -2.31. The van der Waals surface area contributed by atoms with E-state index in [1.54, 1.807) is 0 Å². The SMILES string of the molecule is CC(C)(C)N1CC[C@@H](OCc2cc(F)ccc2S(=O)(=O)Cl)C1. The Morgan fingerprint density at radius 1 is 1.41 bits per heavy atom. The Bertz CT molecular complexity index is 643. The molecule has 0 aromatic heterocycles. The van der Waals surface area contributed by atoms with Gasteiger partial charge >= 0.3 is 0 Å². The van der Waals surface area contributed by atoms with Gasteiger partial charge in [0.25, 0.3) is 9.05 Å². The van der Waals surface area contributed by atoms with Crippen LogP contribution in [0.5, 0.6) is 0 Å². The normalized spacial score (nSPS) is 20.5. The van der Waals surface area contributed by atoms with Crippen molar-refractivity contribution in [3.05, 3.63) is 29.6 Å².